The van der Waals surface area contributed by atoms with Crippen LogP contribution in [0.2, 0.25) is 0 Å². The molecule has 0 amide bonds. The molecule has 0 saturated carbocycles. The predicted octanol–water partition coefficient (Wildman–Crippen LogP) is 2.76. The summed E-state index contributed by atoms with van der Waals surface area (Å²) in [6.45, 7) is 2.41. The lowest BCUT2D eigenvalue weighted by Gasteiger charge is -2.07. The standard InChI is InChI=1S/C13H13N3O2S/c1-8-15-11(6-12(19)16-8)14-7-9-2-4-10(5-3-9)13(17)18/h2-6H,7H2,1H3,(H,17,18)(H2,14,15,16,19). The van der Waals surface area contributed by atoms with E-state index in [1.165, 1.54) is 0 Å². The third-order valence-electron chi connectivity index (χ3n) is 2.55. The highest BCUT2D eigenvalue weighted by atomic mass is 32.1. The third-order valence-corrected chi connectivity index (χ3v) is 2.75. The Balaban J connectivity index is 2.06. The number of nitrogens with zero attached hydrogens (tertiary/aromatic N) is 1. The summed E-state index contributed by atoms with van der Waals surface area (Å²) in [5.41, 5.74) is 1.27. The van der Waals surface area contributed by atoms with Crippen molar-refractivity contribution in [2.75, 3.05) is 5.32 Å². The molecule has 0 aliphatic carbocycles. The van der Waals surface area contributed by atoms with Crippen molar-refractivity contribution in [3.8, 4) is 0 Å². The SMILES string of the molecule is Cc1nc(=S)cc(NCc2ccc(C(=O)O)cc2)[nH]1. The van der Waals surface area contributed by atoms with Crippen LogP contribution in [-0.4, -0.2) is 21.0 Å². The van der Waals surface area contributed by atoms with E-state index >= 15 is 0 Å². The lowest BCUT2D eigenvalue weighted by atomic mass is 10.1. The van der Waals surface area contributed by atoms with Gasteiger partial charge in [-0.3, -0.25) is 0 Å². The Morgan fingerprint density at radius 1 is 1.42 bits per heavy atom. The largest absolute Gasteiger partial charge is 0.478 e. The number of aromatic carboxylic acids is 1. The van der Waals surface area contributed by atoms with Gasteiger partial charge in [0.25, 0.3) is 0 Å². The molecule has 0 atom stereocenters. The minimum absolute atomic E-state index is 0.280. The molecular weight excluding hydrogens is 262 g/mol. The Hall–Kier alpha value is -2.21. The second kappa shape index (κ2) is 5.62. The summed E-state index contributed by atoms with van der Waals surface area (Å²) in [7, 11) is 0. The van der Waals surface area contributed by atoms with Crippen molar-refractivity contribution in [1.29, 1.82) is 0 Å². The summed E-state index contributed by atoms with van der Waals surface area (Å²) in [6.07, 6.45) is 0. The van der Waals surface area contributed by atoms with Gasteiger partial charge in [0.05, 0.1) is 5.56 Å². The molecule has 98 valence electrons. The second-order valence-electron chi connectivity index (χ2n) is 4.07. The maximum absolute atomic E-state index is 10.7. The molecule has 0 aliphatic rings. The zero-order valence-electron chi connectivity index (χ0n) is 10.3. The summed E-state index contributed by atoms with van der Waals surface area (Å²) in [6, 6.07) is 8.46. The maximum Gasteiger partial charge on any atom is 0.335 e. The van der Waals surface area contributed by atoms with Crippen LogP contribution >= 0.6 is 12.2 Å². The first-order chi connectivity index (χ1) is 9.04. The van der Waals surface area contributed by atoms with Crippen LogP contribution in [0.15, 0.2) is 30.3 Å². The summed E-state index contributed by atoms with van der Waals surface area (Å²) in [5, 5.41) is 12.0. The van der Waals surface area contributed by atoms with Crippen LogP contribution in [0, 0.1) is 11.6 Å². The van der Waals surface area contributed by atoms with Gasteiger partial charge in [0.2, 0.25) is 0 Å². The molecule has 19 heavy (non-hydrogen) atoms. The Bertz CT molecular complexity index is 650. The summed E-state index contributed by atoms with van der Waals surface area (Å²) in [4.78, 5) is 17.9. The van der Waals surface area contributed by atoms with Crippen molar-refractivity contribution in [2.45, 2.75) is 13.5 Å². The number of rotatable bonds is 4. The fourth-order valence-corrected chi connectivity index (χ4v) is 1.89. The van der Waals surface area contributed by atoms with Crippen molar-refractivity contribution < 1.29 is 9.90 Å². The number of carbonyl (C=O) groups is 1. The van der Waals surface area contributed by atoms with Crippen LogP contribution in [-0.2, 0) is 6.54 Å². The second-order valence-corrected chi connectivity index (χ2v) is 4.49. The van der Waals surface area contributed by atoms with E-state index in [1.807, 2.05) is 6.92 Å². The zero-order chi connectivity index (χ0) is 13.8. The molecule has 0 fully saturated rings. The van der Waals surface area contributed by atoms with Gasteiger partial charge < -0.3 is 15.4 Å². The molecule has 0 saturated heterocycles. The minimum Gasteiger partial charge on any atom is -0.478 e. The molecule has 6 heteroatoms. The van der Waals surface area contributed by atoms with E-state index in [2.05, 4.69) is 15.3 Å². The number of benzene rings is 1. The molecule has 5 nitrogen and oxygen atoms in total. The number of anilines is 1. The van der Waals surface area contributed by atoms with E-state index in [1.54, 1.807) is 30.3 Å². The molecule has 2 aromatic rings. The number of aryl methyl sites for hydroxylation is 1. The van der Waals surface area contributed by atoms with E-state index in [4.69, 9.17) is 17.3 Å². The highest BCUT2D eigenvalue weighted by Crippen LogP contribution is 2.08. The van der Waals surface area contributed by atoms with Gasteiger partial charge in [-0.15, -0.1) is 0 Å². The van der Waals surface area contributed by atoms with E-state index in [9.17, 15) is 4.79 Å². The Morgan fingerprint density at radius 2 is 2.11 bits per heavy atom. The summed E-state index contributed by atoms with van der Waals surface area (Å²) in [5.74, 6) is 0.615. The molecule has 0 aliphatic heterocycles. The Kier molecular flexibility index (Phi) is 3.91. The fraction of sp³-hybridized carbons (Fsp3) is 0.154. The molecule has 0 bridgehead atoms. The lowest BCUT2D eigenvalue weighted by molar-refractivity contribution is 0.0697. The first-order valence-electron chi connectivity index (χ1n) is 5.68. The van der Waals surface area contributed by atoms with Crippen LogP contribution in [0.4, 0.5) is 5.82 Å². The van der Waals surface area contributed by atoms with Crippen LogP contribution in [0.25, 0.3) is 0 Å². The van der Waals surface area contributed by atoms with Gasteiger partial charge in [0.1, 0.15) is 16.3 Å². The number of hydrogen-bond acceptors (Lipinski definition) is 4. The van der Waals surface area contributed by atoms with Crippen LogP contribution in [0.3, 0.4) is 0 Å². The third kappa shape index (κ3) is 3.62. The Morgan fingerprint density at radius 3 is 2.68 bits per heavy atom. The van der Waals surface area contributed by atoms with E-state index in [0.29, 0.717) is 11.2 Å². The fourth-order valence-electron chi connectivity index (χ4n) is 1.64. The van der Waals surface area contributed by atoms with Crippen molar-refractivity contribution in [3.63, 3.8) is 0 Å². The van der Waals surface area contributed by atoms with Crippen molar-refractivity contribution in [3.05, 3.63) is 51.9 Å². The highest BCUT2D eigenvalue weighted by Gasteiger charge is 2.02. The predicted molar refractivity (Wildman–Crippen MR) is 74.9 cm³/mol. The number of aromatic nitrogens is 2. The first kappa shape index (κ1) is 13.2. The average molecular weight is 275 g/mol. The molecule has 3 N–H and O–H groups in total. The summed E-state index contributed by atoms with van der Waals surface area (Å²) < 4.78 is 0.528. The van der Waals surface area contributed by atoms with Gasteiger partial charge in [-0.1, -0.05) is 24.4 Å². The number of H-pyrrole nitrogens is 1. The monoisotopic (exact) mass is 275 g/mol. The number of aromatic amines is 1. The lowest BCUT2D eigenvalue weighted by Crippen LogP contribution is -2.04. The van der Waals surface area contributed by atoms with Gasteiger partial charge in [-0.2, -0.15) is 0 Å². The normalized spacial score (nSPS) is 10.2. The molecule has 2 rings (SSSR count). The number of nitrogens with one attached hydrogen (secondary N) is 2. The Labute approximate surface area is 115 Å². The van der Waals surface area contributed by atoms with Crippen LogP contribution in [0.1, 0.15) is 21.7 Å². The molecule has 1 aromatic heterocycles. The average Bonchev–Trinajstić information content (AvgIpc) is 2.36. The smallest absolute Gasteiger partial charge is 0.335 e. The van der Waals surface area contributed by atoms with Gasteiger partial charge in [-0.25, -0.2) is 9.78 Å². The van der Waals surface area contributed by atoms with E-state index in [-0.39, 0.29) is 5.56 Å². The van der Waals surface area contributed by atoms with Crippen LogP contribution < -0.4 is 5.32 Å². The quantitative estimate of drug-likeness (QED) is 0.748. The first-order valence-corrected chi connectivity index (χ1v) is 6.09. The molecule has 0 unspecified atom stereocenters. The van der Waals surface area contributed by atoms with E-state index < -0.39 is 5.97 Å². The number of carboxylic acids is 1. The number of carboxylic acid groups (broad SMARTS) is 1. The zero-order valence-corrected chi connectivity index (χ0v) is 11.1. The highest BCUT2D eigenvalue weighted by molar-refractivity contribution is 7.71. The molecule has 0 radical (unpaired) electrons. The van der Waals surface area contributed by atoms with Crippen molar-refractivity contribution in [2.24, 2.45) is 0 Å². The van der Waals surface area contributed by atoms with Crippen molar-refractivity contribution >= 4 is 24.0 Å². The maximum atomic E-state index is 10.7. The minimum atomic E-state index is -0.923. The van der Waals surface area contributed by atoms with Gasteiger partial charge in [-0.05, 0) is 24.6 Å². The summed E-state index contributed by atoms with van der Waals surface area (Å²) >= 11 is 5.03. The van der Waals surface area contributed by atoms with Gasteiger partial charge in [0, 0.05) is 12.6 Å². The van der Waals surface area contributed by atoms with Crippen molar-refractivity contribution in [1.82, 2.24) is 9.97 Å². The topological polar surface area (TPSA) is 78.0 Å². The molecular formula is C13H13N3O2S. The molecule has 1 heterocycles. The van der Waals surface area contributed by atoms with Gasteiger partial charge in [0.15, 0.2) is 0 Å². The molecule has 1 aromatic carbocycles. The van der Waals surface area contributed by atoms with Gasteiger partial charge >= 0.3 is 5.97 Å². The molecule has 0 spiro atoms. The van der Waals surface area contributed by atoms with Crippen LogP contribution in [0.5, 0.6) is 0 Å². The number of hydrogen-bond donors (Lipinski definition) is 3. The van der Waals surface area contributed by atoms with E-state index in [0.717, 1.165) is 17.2 Å².